The summed E-state index contributed by atoms with van der Waals surface area (Å²) in [7, 11) is 0. The number of hydrogen-bond acceptors (Lipinski definition) is 6. The monoisotopic (exact) mass is 327 g/mol. The molecule has 1 aliphatic rings. The SMILES string of the molecule is O=C(C(c1ccccc1)[N+](=O)[O-])N1CCN(c2cnccn2)CC1. The maximum atomic E-state index is 12.6. The largest absolute Gasteiger partial charge is 0.352 e. The number of nitrogens with zero attached hydrogens (tertiary/aromatic N) is 5. The Morgan fingerprint density at radius 2 is 1.83 bits per heavy atom. The van der Waals surface area contributed by atoms with Gasteiger partial charge >= 0.3 is 11.9 Å². The molecular formula is C16H17N5O3. The van der Waals surface area contributed by atoms with Crippen LogP contribution in [0.4, 0.5) is 5.82 Å². The molecule has 2 aromatic rings. The standard InChI is InChI=1S/C16H17N5O3/c22-16(15(21(23)24)13-4-2-1-3-5-13)20-10-8-19(9-11-20)14-12-17-6-7-18-14/h1-7,12,15H,8-11H2. The summed E-state index contributed by atoms with van der Waals surface area (Å²) in [5.41, 5.74) is 0.406. The van der Waals surface area contributed by atoms with Gasteiger partial charge in [0.2, 0.25) is 0 Å². The van der Waals surface area contributed by atoms with Crippen LogP contribution in [0.15, 0.2) is 48.9 Å². The Kier molecular flexibility index (Phi) is 4.64. The van der Waals surface area contributed by atoms with Crippen molar-refractivity contribution in [2.24, 2.45) is 0 Å². The van der Waals surface area contributed by atoms with E-state index in [2.05, 4.69) is 9.97 Å². The molecule has 124 valence electrons. The van der Waals surface area contributed by atoms with Crippen molar-refractivity contribution in [3.05, 3.63) is 64.6 Å². The van der Waals surface area contributed by atoms with Crippen molar-refractivity contribution in [2.45, 2.75) is 6.04 Å². The van der Waals surface area contributed by atoms with Gasteiger partial charge in [-0.05, 0) is 0 Å². The predicted octanol–water partition coefficient (Wildman–Crippen LogP) is 1.14. The third-order valence-electron chi connectivity index (χ3n) is 4.02. The molecule has 1 atom stereocenters. The molecule has 3 rings (SSSR count). The molecule has 0 bridgehead atoms. The lowest BCUT2D eigenvalue weighted by molar-refractivity contribution is -0.515. The third-order valence-corrected chi connectivity index (χ3v) is 4.02. The van der Waals surface area contributed by atoms with Gasteiger partial charge in [0, 0.05) is 49.1 Å². The molecule has 1 aromatic heterocycles. The fraction of sp³-hybridized carbons (Fsp3) is 0.312. The van der Waals surface area contributed by atoms with Crippen LogP contribution in [-0.4, -0.2) is 51.9 Å². The second-order valence-corrected chi connectivity index (χ2v) is 5.47. The van der Waals surface area contributed by atoms with Gasteiger partial charge in [0.15, 0.2) is 0 Å². The van der Waals surface area contributed by atoms with Crippen LogP contribution in [0.3, 0.4) is 0 Å². The van der Waals surface area contributed by atoms with Crippen LogP contribution in [0.1, 0.15) is 11.6 Å². The van der Waals surface area contributed by atoms with Crippen molar-refractivity contribution in [1.82, 2.24) is 14.9 Å². The maximum absolute atomic E-state index is 12.6. The Morgan fingerprint density at radius 1 is 1.12 bits per heavy atom. The molecular weight excluding hydrogens is 310 g/mol. The van der Waals surface area contributed by atoms with Crippen molar-refractivity contribution < 1.29 is 9.72 Å². The zero-order valence-electron chi connectivity index (χ0n) is 13.0. The van der Waals surface area contributed by atoms with E-state index < -0.39 is 16.9 Å². The predicted molar refractivity (Wildman–Crippen MR) is 87.0 cm³/mol. The molecule has 24 heavy (non-hydrogen) atoms. The highest BCUT2D eigenvalue weighted by atomic mass is 16.6. The summed E-state index contributed by atoms with van der Waals surface area (Å²) < 4.78 is 0. The van der Waals surface area contributed by atoms with Gasteiger partial charge in [0.05, 0.1) is 6.20 Å². The molecule has 0 N–H and O–H groups in total. The minimum absolute atomic E-state index is 0.406. The van der Waals surface area contributed by atoms with Crippen molar-refractivity contribution in [2.75, 3.05) is 31.1 Å². The van der Waals surface area contributed by atoms with Gasteiger partial charge in [-0.15, -0.1) is 0 Å². The molecule has 1 saturated heterocycles. The molecule has 8 nitrogen and oxygen atoms in total. The minimum Gasteiger partial charge on any atom is -0.352 e. The Balaban J connectivity index is 1.69. The zero-order chi connectivity index (χ0) is 16.9. The first kappa shape index (κ1) is 15.9. The Bertz CT molecular complexity index is 702. The van der Waals surface area contributed by atoms with E-state index in [4.69, 9.17) is 0 Å². The molecule has 8 heteroatoms. The van der Waals surface area contributed by atoms with Crippen molar-refractivity contribution in [1.29, 1.82) is 0 Å². The van der Waals surface area contributed by atoms with Crippen LogP contribution in [0.2, 0.25) is 0 Å². The lowest BCUT2D eigenvalue weighted by atomic mass is 10.1. The molecule has 1 amide bonds. The normalized spacial score (nSPS) is 15.8. The second kappa shape index (κ2) is 7.03. The highest BCUT2D eigenvalue weighted by molar-refractivity contribution is 5.82. The molecule has 1 fully saturated rings. The zero-order valence-corrected chi connectivity index (χ0v) is 13.0. The summed E-state index contributed by atoms with van der Waals surface area (Å²) in [6, 6.07) is 7.04. The quantitative estimate of drug-likeness (QED) is 0.618. The first-order valence-electron chi connectivity index (χ1n) is 7.65. The Morgan fingerprint density at radius 3 is 2.42 bits per heavy atom. The van der Waals surface area contributed by atoms with Gasteiger partial charge < -0.3 is 9.80 Å². The van der Waals surface area contributed by atoms with E-state index in [0.717, 1.165) is 5.82 Å². The molecule has 1 aliphatic heterocycles. The lowest BCUT2D eigenvalue weighted by Gasteiger charge is -2.35. The number of aromatic nitrogens is 2. The fourth-order valence-corrected chi connectivity index (χ4v) is 2.77. The van der Waals surface area contributed by atoms with E-state index in [1.165, 1.54) is 0 Å². The number of carbonyl (C=O) groups is 1. The smallest absolute Gasteiger partial charge is 0.314 e. The highest BCUT2D eigenvalue weighted by Crippen LogP contribution is 2.21. The van der Waals surface area contributed by atoms with E-state index in [9.17, 15) is 14.9 Å². The summed E-state index contributed by atoms with van der Waals surface area (Å²) in [4.78, 5) is 35.3. The molecule has 0 spiro atoms. The average Bonchev–Trinajstić information content (AvgIpc) is 2.63. The van der Waals surface area contributed by atoms with Gasteiger partial charge in [-0.3, -0.25) is 19.9 Å². The first-order valence-corrected chi connectivity index (χ1v) is 7.65. The number of piperazine rings is 1. The lowest BCUT2D eigenvalue weighted by Crippen LogP contribution is -2.51. The number of anilines is 1. The van der Waals surface area contributed by atoms with Crippen LogP contribution in [0.25, 0.3) is 0 Å². The van der Waals surface area contributed by atoms with Crippen LogP contribution < -0.4 is 4.90 Å². The highest BCUT2D eigenvalue weighted by Gasteiger charge is 2.36. The second-order valence-electron chi connectivity index (χ2n) is 5.47. The molecule has 0 aliphatic carbocycles. The number of benzene rings is 1. The first-order chi connectivity index (χ1) is 11.7. The summed E-state index contributed by atoms with van der Waals surface area (Å²) in [6.45, 7) is 1.99. The van der Waals surface area contributed by atoms with Gasteiger partial charge in [-0.25, -0.2) is 4.98 Å². The summed E-state index contributed by atoms with van der Waals surface area (Å²) in [5.74, 6) is 0.281. The van der Waals surface area contributed by atoms with E-state index in [-0.39, 0.29) is 0 Å². The van der Waals surface area contributed by atoms with Crippen LogP contribution in [0, 0.1) is 10.1 Å². The van der Waals surface area contributed by atoms with E-state index in [0.29, 0.717) is 31.7 Å². The number of rotatable bonds is 4. The number of nitro groups is 1. The average molecular weight is 327 g/mol. The topological polar surface area (TPSA) is 92.5 Å². The van der Waals surface area contributed by atoms with Crippen LogP contribution in [-0.2, 0) is 4.79 Å². The van der Waals surface area contributed by atoms with E-state index in [1.807, 2.05) is 4.90 Å². The van der Waals surface area contributed by atoms with Crippen LogP contribution >= 0.6 is 0 Å². The van der Waals surface area contributed by atoms with Gasteiger partial charge in [0.1, 0.15) is 5.82 Å². The Labute approximate surface area is 138 Å². The summed E-state index contributed by atoms with van der Waals surface area (Å²) in [6.07, 6.45) is 4.89. The summed E-state index contributed by atoms with van der Waals surface area (Å²) in [5, 5.41) is 11.4. The van der Waals surface area contributed by atoms with Crippen molar-refractivity contribution in [3.63, 3.8) is 0 Å². The van der Waals surface area contributed by atoms with E-state index >= 15 is 0 Å². The van der Waals surface area contributed by atoms with Gasteiger partial charge in [-0.2, -0.15) is 0 Å². The van der Waals surface area contributed by atoms with Gasteiger partial charge in [-0.1, -0.05) is 30.3 Å². The molecule has 0 radical (unpaired) electrons. The summed E-state index contributed by atoms with van der Waals surface area (Å²) >= 11 is 0. The van der Waals surface area contributed by atoms with E-state index in [1.54, 1.807) is 53.8 Å². The fourth-order valence-electron chi connectivity index (χ4n) is 2.77. The molecule has 1 unspecified atom stereocenters. The maximum Gasteiger partial charge on any atom is 0.314 e. The Hall–Kier alpha value is -3.03. The number of hydrogen-bond donors (Lipinski definition) is 0. The minimum atomic E-state index is -1.35. The van der Waals surface area contributed by atoms with Crippen molar-refractivity contribution >= 4 is 11.7 Å². The number of amides is 1. The van der Waals surface area contributed by atoms with Gasteiger partial charge in [0.25, 0.3) is 0 Å². The molecule has 2 heterocycles. The third kappa shape index (κ3) is 3.32. The molecule has 0 saturated carbocycles. The molecule has 1 aromatic carbocycles. The van der Waals surface area contributed by atoms with Crippen LogP contribution in [0.5, 0.6) is 0 Å². The number of carbonyl (C=O) groups excluding carboxylic acids is 1. The van der Waals surface area contributed by atoms with Crippen molar-refractivity contribution in [3.8, 4) is 0 Å².